The molecule has 0 bridgehead atoms. The summed E-state index contributed by atoms with van der Waals surface area (Å²) in [6.07, 6.45) is 3.70. The summed E-state index contributed by atoms with van der Waals surface area (Å²) in [6.45, 7) is 34.5. The van der Waals surface area contributed by atoms with E-state index in [0.717, 1.165) is 30.9 Å². The molecule has 3 aliphatic heterocycles. The van der Waals surface area contributed by atoms with E-state index in [-0.39, 0.29) is 46.2 Å². The van der Waals surface area contributed by atoms with Crippen LogP contribution in [0, 0.1) is 11.6 Å². The molecule has 7 rings (SSSR count). The van der Waals surface area contributed by atoms with Crippen molar-refractivity contribution in [1.82, 2.24) is 10.6 Å². The summed E-state index contributed by atoms with van der Waals surface area (Å²) in [6, 6.07) is 4.79. The van der Waals surface area contributed by atoms with Crippen LogP contribution in [0.15, 0.2) is 24.3 Å². The van der Waals surface area contributed by atoms with Crippen molar-refractivity contribution in [2.24, 2.45) is 0 Å². The Morgan fingerprint density at radius 2 is 0.907 bits per heavy atom. The molecule has 0 saturated carbocycles. The van der Waals surface area contributed by atoms with E-state index in [0.29, 0.717) is 42.3 Å². The number of hydrogen-bond donors (Lipinski definition) is 2. The Kier molecular flexibility index (Phi) is 18.1. The minimum Gasteiger partial charge on any atom is -0.444 e. The summed E-state index contributed by atoms with van der Waals surface area (Å²) < 4.78 is 141. The lowest BCUT2D eigenvalue weighted by atomic mass is 9.49. The summed E-state index contributed by atoms with van der Waals surface area (Å²) in [4.78, 5) is 24.3. The first-order valence-electron chi connectivity index (χ1n) is 25.6. The minimum atomic E-state index is -5.99. The van der Waals surface area contributed by atoms with Crippen LogP contribution < -0.4 is 20.3 Å². The Balaban J connectivity index is 0.000000214. The van der Waals surface area contributed by atoms with Crippen molar-refractivity contribution in [3.63, 3.8) is 0 Å². The van der Waals surface area contributed by atoms with E-state index >= 15 is 4.39 Å². The summed E-state index contributed by atoms with van der Waals surface area (Å²) in [7, 11) is -7.69. The molecule has 15 nitrogen and oxygen atoms in total. The lowest BCUT2D eigenvalue weighted by Gasteiger charge is -2.32. The van der Waals surface area contributed by atoms with Crippen LogP contribution in [0.3, 0.4) is 0 Å². The fourth-order valence-corrected chi connectivity index (χ4v) is 9.08. The molecule has 3 saturated heterocycles. The fraction of sp³-hybridized carbons (Fsp3) is 0.725. The first kappa shape index (κ1) is 62.2. The number of amides is 2. The van der Waals surface area contributed by atoms with Crippen LogP contribution in [0.25, 0.3) is 0 Å². The van der Waals surface area contributed by atoms with E-state index in [1.807, 2.05) is 110 Å². The monoisotopic (exact) mass is 1090 g/mol. The SMILES string of the molecule is CC(C)(C)OC(=O)N[C@@H]1CCCCc2c1ccc(B1OC(C)(C)C(C)(C)O1)c2F.CC(C)(C)OC(=O)N[C@@H]1CCCCc2c1ccc(OS(=O)(=O)C(F)(F)F)c2F.CC1(C)OB(B2OC(C)(C)C(C)(C)O2)OC1(C)C. The van der Waals surface area contributed by atoms with Crippen molar-refractivity contribution >= 4 is 48.9 Å². The number of carbonyl (C=O) groups is 2. The van der Waals surface area contributed by atoms with Crippen LogP contribution in [-0.4, -0.2) is 92.1 Å². The van der Waals surface area contributed by atoms with E-state index in [1.165, 1.54) is 6.07 Å². The number of carbonyl (C=O) groups excluding carboxylic acids is 2. The fourth-order valence-electron chi connectivity index (χ4n) is 8.62. The number of ether oxygens (including phenoxy) is 2. The van der Waals surface area contributed by atoms with Gasteiger partial charge in [-0.1, -0.05) is 31.0 Å². The van der Waals surface area contributed by atoms with Gasteiger partial charge in [-0.25, -0.2) is 18.4 Å². The van der Waals surface area contributed by atoms with Crippen molar-refractivity contribution in [3.8, 4) is 5.75 Å². The Morgan fingerprint density at radius 1 is 0.560 bits per heavy atom. The average Bonchev–Trinajstić information content (AvgIpc) is 3.48. The van der Waals surface area contributed by atoms with Crippen molar-refractivity contribution < 1.29 is 81.5 Å². The van der Waals surface area contributed by atoms with E-state index in [4.69, 9.17) is 37.4 Å². The second-order valence-corrected chi connectivity index (χ2v) is 26.2. The van der Waals surface area contributed by atoms with Gasteiger partial charge in [0.15, 0.2) is 11.6 Å². The van der Waals surface area contributed by atoms with Gasteiger partial charge in [0.25, 0.3) is 0 Å². The molecular weight excluding hydrogens is 1010 g/mol. The molecule has 2 aliphatic carbocycles. The third-order valence-corrected chi connectivity index (χ3v) is 15.7. The number of nitrogens with one attached hydrogen (secondary N) is 2. The highest BCUT2D eigenvalue weighted by Crippen LogP contribution is 2.44. The second-order valence-electron chi connectivity index (χ2n) is 24.7. The molecular formula is C51H78B3F5N2O13S. The molecule has 0 unspecified atom stereocenters. The molecule has 3 fully saturated rings. The zero-order valence-corrected chi connectivity index (χ0v) is 47.8. The van der Waals surface area contributed by atoms with Gasteiger partial charge in [0, 0.05) is 5.46 Å². The molecule has 2 aromatic rings. The highest BCUT2D eigenvalue weighted by molar-refractivity contribution is 7.88. The Bertz CT molecular complexity index is 2430. The van der Waals surface area contributed by atoms with Gasteiger partial charge >= 0.3 is 48.9 Å². The molecule has 24 heteroatoms. The average molecular weight is 1090 g/mol. The summed E-state index contributed by atoms with van der Waals surface area (Å²) in [5.74, 6) is -2.52. The van der Waals surface area contributed by atoms with E-state index < -0.39 is 89.0 Å². The maximum Gasteiger partial charge on any atom is 0.534 e. The normalized spacial score (nSPS) is 23.4. The lowest BCUT2D eigenvalue weighted by molar-refractivity contribution is -0.0501. The highest BCUT2D eigenvalue weighted by atomic mass is 32.2. The number of rotatable bonds is 6. The Labute approximate surface area is 441 Å². The summed E-state index contributed by atoms with van der Waals surface area (Å²) in [5, 5.41) is 5.55. The predicted molar refractivity (Wildman–Crippen MR) is 276 cm³/mol. The number of benzene rings is 2. The van der Waals surface area contributed by atoms with E-state index in [2.05, 4.69) is 14.8 Å². The Hall–Kier alpha value is -3.67. The van der Waals surface area contributed by atoms with Crippen LogP contribution >= 0.6 is 0 Å². The van der Waals surface area contributed by atoms with Crippen molar-refractivity contribution in [2.75, 3.05) is 0 Å². The first-order chi connectivity index (χ1) is 33.9. The van der Waals surface area contributed by atoms with Crippen LogP contribution in [-0.2, 0) is 60.4 Å². The zero-order valence-electron chi connectivity index (χ0n) is 47.0. The standard InChI is InChI=1S/C22H33BFNO4.C17H21F4NO5S.C12H24B2O4/c1-20(2,3)27-19(26)25-17-11-9-8-10-15-14(17)12-13-16(18(15)24)23-28-21(4,5)22(6,7)29-23;1-16(2,3)26-15(23)22-12-7-5-4-6-11-10(12)8-9-13(14(11)18)27-28(24,25)17(19,20)21;1-9(2)10(3,4)16-13(15-9)14-17-11(5,6)12(7,8)18-14/h12-13,17H,8-11H2,1-7H3,(H,25,26);8-9,12H,4-7H2,1-3H3,(H,22,23);1-8H3/t17-;12-;/m11./s1. The van der Waals surface area contributed by atoms with Gasteiger partial charge in [0.1, 0.15) is 17.0 Å². The van der Waals surface area contributed by atoms with Crippen molar-refractivity contribution in [1.29, 1.82) is 0 Å². The van der Waals surface area contributed by atoms with Gasteiger partial charge < -0.3 is 52.2 Å². The van der Waals surface area contributed by atoms with E-state index in [1.54, 1.807) is 26.8 Å². The van der Waals surface area contributed by atoms with Gasteiger partial charge in [0.05, 0.1) is 45.7 Å². The molecule has 0 radical (unpaired) electrons. The maximum atomic E-state index is 15.6. The van der Waals surface area contributed by atoms with Gasteiger partial charge in [-0.3, -0.25) is 0 Å². The third-order valence-electron chi connectivity index (χ3n) is 14.8. The molecule has 5 aliphatic rings. The molecule has 2 N–H and O–H groups in total. The molecule has 2 amide bonds. The quantitative estimate of drug-likeness (QED) is 0.0920. The molecule has 2 aromatic carbocycles. The molecule has 2 atom stereocenters. The van der Waals surface area contributed by atoms with Gasteiger partial charge in [-0.15, -0.1) is 0 Å². The van der Waals surface area contributed by atoms with Crippen LogP contribution in [0.5, 0.6) is 5.75 Å². The zero-order chi connectivity index (χ0) is 56.9. The van der Waals surface area contributed by atoms with Gasteiger partial charge in [-0.2, -0.15) is 21.6 Å². The van der Waals surface area contributed by atoms with Crippen LogP contribution in [0.2, 0.25) is 0 Å². The predicted octanol–water partition coefficient (Wildman–Crippen LogP) is 11.0. The second kappa shape index (κ2) is 21.9. The van der Waals surface area contributed by atoms with Gasteiger partial charge in [0.2, 0.25) is 0 Å². The smallest absolute Gasteiger partial charge is 0.444 e. The summed E-state index contributed by atoms with van der Waals surface area (Å²) >= 11 is 0. The number of fused-ring (bicyclic) bond motifs is 2. The molecule has 420 valence electrons. The highest BCUT2D eigenvalue weighted by Gasteiger charge is 2.64. The minimum absolute atomic E-state index is 0.00781. The molecule has 0 aromatic heterocycles. The van der Waals surface area contributed by atoms with Crippen LogP contribution in [0.4, 0.5) is 31.5 Å². The van der Waals surface area contributed by atoms with Gasteiger partial charge in [-0.05, 0) is 191 Å². The maximum absolute atomic E-state index is 15.6. The lowest BCUT2D eigenvalue weighted by Crippen LogP contribution is -2.41. The first-order valence-corrected chi connectivity index (χ1v) is 27.0. The largest absolute Gasteiger partial charge is 0.534 e. The van der Waals surface area contributed by atoms with Crippen molar-refractivity contribution in [2.45, 2.75) is 238 Å². The number of hydrogen-bond acceptors (Lipinski definition) is 13. The topological polar surface area (TPSA) is 175 Å². The molecule has 0 spiro atoms. The number of halogens is 5. The number of alkyl halides is 3. The van der Waals surface area contributed by atoms with Crippen molar-refractivity contribution in [3.05, 3.63) is 58.2 Å². The molecule has 75 heavy (non-hydrogen) atoms. The van der Waals surface area contributed by atoms with E-state index in [9.17, 15) is 35.6 Å². The number of alkyl carbamates (subject to hydrolysis) is 2. The Morgan fingerprint density at radius 3 is 1.27 bits per heavy atom. The molecule has 3 heterocycles. The summed E-state index contributed by atoms with van der Waals surface area (Å²) in [5.41, 5.74) is -7.28. The van der Waals surface area contributed by atoms with Crippen LogP contribution in [0.1, 0.15) is 197 Å². The third kappa shape index (κ3) is 14.7.